The molecule has 0 aliphatic carbocycles. The fourth-order valence-electron chi connectivity index (χ4n) is 1.81. The molecule has 2 aromatic rings. The molecule has 1 aromatic heterocycles. The zero-order valence-electron chi connectivity index (χ0n) is 12.0. The van der Waals surface area contributed by atoms with E-state index in [-0.39, 0.29) is 0 Å². The molecule has 0 unspecified atom stereocenters. The molecule has 0 fully saturated rings. The van der Waals surface area contributed by atoms with Gasteiger partial charge in [-0.05, 0) is 18.9 Å². The minimum atomic E-state index is 0.563. The Hall–Kier alpha value is -2.30. The minimum absolute atomic E-state index is 0.563. The fraction of sp³-hybridized carbons (Fsp3) is 0.333. The van der Waals surface area contributed by atoms with Gasteiger partial charge in [-0.15, -0.1) is 0 Å². The van der Waals surface area contributed by atoms with Gasteiger partial charge in [-0.2, -0.15) is 0 Å². The summed E-state index contributed by atoms with van der Waals surface area (Å²) in [6.45, 7) is 5.71. The van der Waals surface area contributed by atoms with Crippen molar-refractivity contribution < 1.29 is 0 Å². The lowest BCUT2D eigenvalue weighted by Gasteiger charge is -2.12. The van der Waals surface area contributed by atoms with Crippen molar-refractivity contribution in [1.29, 1.82) is 0 Å². The van der Waals surface area contributed by atoms with E-state index in [2.05, 4.69) is 58.7 Å². The highest BCUT2D eigenvalue weighted by Crippen LogP contribution is 2.22. The number of hydrogen-bond donors (Lipinski definition) is 3. The molecule has 0 saturated heterocycles. The van der Waals surface area contributed by atoms with Gasteiger partial charge >= 0.3 is 0 Å². The van der Waals surface area contributed by atoms with Crippen LogP contribution in [-0.4, -0.2) is 16.5 Å². The summed E-state index contributed by atoms with van der Waals surface area (Å²) >= 11 is 0. The standard InChI is InChI=1S/C15H21N5/c1-3-8-17-14-13(16)15(20-10-19-14)18-9-12-6-4-11(2)5-7-12/h4-7,10H,3,8-9,16H2,1-2H3,(H2,17,18,19,20). The summed E-state index contributed by atoms with van der Waals surface area (Å²) in [7, 11) is 0. The third-order valence-electron chi connectivity index (χ3n) is 3.01. The molecule has 2 rings (SSSR count). The lowest BCUT2D eigenvalue weighted by atomic mass is 10.1. The number of hydrogen-bond acceptors (Lipinski definition) is 5. The molecule has 0 saturated carbocycles. The molecule has 4 N–H and O–H groups in total. The average Bonchev–Trinajstić information content (AvgIpc) is 2.47. The Morgan fingerprint density at radius 1 is 1.05 bits per heavy atom. The van der Waals surface area contributed by atoms with Crippen molar-refractivity contribution in [3.8, 4) is 0 Å². The zero-order valence-corrected chi connectivity index (χ0v) is 12.0. The van der Waals surface area contributed by atoms with Gasteiger partial charge in [-0.25, -0.2) is 9.97 Å². The second-order valence-corrected chi connectivity index (χ2v) is 4.75. The maximum Gasteiger partial charge on any atom is 0.155 e. The molecule has 0 aliphatic heterocycles. The number of anilines is 3. The van der Waals surface area contributed by atoms with Gasteiger partial charge in [-0.1, -0.05) is 36.8 Å². The van der Waals surface area contributed by atoms with Crippen molar-refractivity contribution in [2.45, 2.75) is 26.8 Å². The normalized spacial score (nSPS) is 10.3. The van der Waals surface area contributed by atoms with E-state index in [0.29, 0.717) is 23.9 Å². The molecule has 1 aromatic carbocycles. The summed E-state index contributed by atoms with van der Waals surface area (Å²) in [6.07, 6.45) is 2.54. The van der Waals surface area contributed by atoms with Crippen LogP contribution in [0.1, 0.15) is 24.5 Å². The topological polar surface area (TPSA) is 75.9 Å². The fourth-order valence-corrected chi connectivity index (χ4v) is 1.81. The Bertz CT molecular complexity index is 551. The monoisotopic (exact) mass is 271 g/mol. The lowest BCUT2D eigenvalue weighted by molar-refractivity contribution is 0.964. The highest BCUT2D eigenvalue weighted by molar-refractivity contribution is 5.73. The first-order chi connectivity index (χ1) is 9.70. The first kappa shape index (κ1) is 14.1. The number of aromatic nitrogens is 2. The minimum Gasteiger partial charge on any atom is -0.393 e. The number of rotatable bonds is 6. The van der Waals surface area contributed by atoms with Crippen molar-refractivity contribution in [1.82, 2.24) is 9.97 Å². The Morgan fingerprint density at radius 2 is 1.70 bits per heavy atom. The predicted molar refractivity (Wildman–Crippen MR) is 83.7 cm³/mol. The molecule has 0 bridgehead atoms. The Balaban J connectivity index is 2.03. The maximum atomic E-state index is 6.06. The molecular formula is C15H21N5. The molecule has 1 heterocycles. The number of benzene rings is 1. The van der Waals surface area contributed by atoms with Crippen LogP contribution in [0.2, 0.25) is 0 Å². The van der Waals surface area contributed by atoms with E-state index in [1.165, 1.54) is 17.5 Å². The van der Waals surface area contributed by atoms with E-state index >= 15 is 0 Å². The highest BCUT2D eigenvalue weighted by Gasteiger charge is 2.06. The molecule has 106 valence electrons. The zero-order chi connectivity index (χ0) is 14.4. The molecule has 0 amide bonds. The molecule has 0 radical (unpaired) electrons. The molecule has 0 atom stereocenters. The molecule has 0 aliphatic rings. The van der Waals surface area contributed by atoms with E-state index in [0.717, 1.165) is 13.0 Å². The van der Waals surface area contributed by atoms with E-state index in [4.69, 9.17) is 5.73 Å². The van der Waals surface area contributed by atoms with Gasteiger partial charge in [0.05, 0.1) is 0 Å². The summed E-state index contributed by atoms with van der Waals surface area (Å²) in [6, 6.07) is 8.37. The van der Waals surface area contributed by atoms with Gasteiger partial charge in [-0.3, -0.25) is 0 Å². The lowest BCUT2D eigenvalue weighted by Crippen LogP contribution is -2.10. The highest BCUT2D eigenvalue weighted by atomic mass is 15.1. The summed E-state index contributed by atoms with van der Waals surface area (Å²) in [5.74, 6) is 1.35. The summed E-state index contributed by atoms with van der Waals surface area (Å²) in [5.41, 5.74) is 9.07. The SMILES string of the molecule is CCCNc1ncnc(NCc2ccc(C)cc2)c1N. The number of nitrogens with one attached hydrogen (secondary N) is 2. The van der Waals surface area contributed by atoms with Crippen LogP contribution in [-0.2, 0) is 6.54 Å². The Labute approximate surface area is 119 Å². The molecule has 0 spiro atoms. The maximum absolute atomic E-state index is 6.06. The number of nitrogens with zero attached hydrogens (tertiary/aromatic N) is 2. The molecule has 5 heteroatoms. The van der Waals surface area contributed by atoms with Crippen molar-refractivity contribution >= 4 is 17.3 Å². The molecule has 5 nitrogen and oxygen atoms in total. The van der Waals surface area contributed by atoms with Crippen LogP contribution in [0.5, 0.6) is 0 Å². The van der Waals surface area contributed by atoms with Crippen LogP contribution in [0.25, 0.3) is 0 Å². The van der Waals surface area contributed by atoms with Gasteiger partial charge in [0.25, 0.3) is 0 Å². The van der Waals surface area contributed by atoms with E-state index < -0.39 is 0 Å². The summed E-state index contributed by atoms with van der Waals surface area (Å²) in [4.78, 5) is 8.35. The van der Waals surface area contributed by atoms with Gasteiger partial charge in [0.1, 0.15) is 12.0 Å². The van der Waals surface area contributed by atoms with Crippen LogP contribution < -0.4 is 16.4 Å². The molecular weight excluding hydrogens is 250 g/mol. The van der Waals surface area contributed by atoms with Crippen molar-refractivity contribution in [3.63, 3.8) is 0 Å². The van der Waals surface area contributed by atoms with Crippen molar-refractivity contribution in [2.24, 2.45) is 0 Å². The third kappa shape index (κ3) is 3.60. The second kappa shape index (κ2) is 6.75. The quantitative estimate of drug-likeness (QED) is 0.753. The van der Waals surface area contributed by atoms with Crippen LogP contribution in [0.4, 0.5) is 17.3 Å². The van der Waals surface area contributed by atoms with Gasteiger partial charge in [0, 0.05) is 13.1 Å². The number of nitrogens with two attached hydrogens (primary N) is 1. The first-order valence-corrected chi connectivity index (χ1v) is 6.84. The van der Waals surface area contributed by atoms with Gasteiger partial charge in [0.2, 0.25) is 0 Å². The van der Waals surface area contributed by atoms with Crippen LogP contribution in [0.15, 0.2) is 30.6 Å². The Kier molecular flexibility index (Phi) is 4.76. The van der Waals surface area contributed by atoms with E-state index in [1.54, 1.807) is 0 Å². The number of aryl methyl sites for hydroxylation is 1. The Morgan fingerprint density at radius 3 is 2.35 bits per heavy atom. The van der Waals surface area contributed by atoms with Crippen LogP contribution >= 0.6 is 0 Å². The molecule has 20 heavy (non-hydrogen) atoms. The average molecular weight is 271 g/mol. The van der Waals surface area contributed by atoms with E-state index in [1.807, 2.05) is 0 Å². The van der Waals surface area contributed by atoms with E-state index in [9.17, 15) is 0 Å². The van der Waals surface area contributed by atoms with Gasteiger partial charge in [0.15, 0.2) is 11.6 Å². The second-order valence-electron chi connectivity index (χ2n) is 4.75. The smallest absolute Gasteiger partial charge is 0.155 e. The van der Waals surface area contributed by atoms with Crippen molar-refractivity contribution in [2.75, 3.05) is 22.9 Å². The number of nitrogen functional groups attached to an aromatic ring is 1. The predicted octanol–water partition coefficient (Wildman–Crippen LogP) is 2.80. The summed E-state index contributed by atoms with van der Waals surface area (Å²) in [5, 5.41) is 6.44. The van der Waals surface area contributed by atoms with Crippen molar-refractivity contribution in [3.05, 3.63) is 41.7 Å². The summed E-state index contributed by atoms with van der Waals surface area (Å²) < 4.78 is 0. The largest absolute Gasteiger partial charge is 0.393 e. The first-order valence-electron chi connectivity index (χ1n) is 6.84. The van der Waals surface area contributed by atoms with Gasteiger partial charge < -0.3 is 16.4 Å². The van der Waals surface area contributed by atoms with Crippen LogP contribution in [0.3, 0.4) is 0 Å². The van der Waals surface area contributed by atoms with Crippen LogP contribution in [0, 0.1) is 6.92 Å². The third-order valence-corrected chi connectivity index (χ3v) is 3.01.